The van der Waals surface area contributed by atoms with Gasteiger partial charge in [0.1, 0.15) is 11.5 Å². The van der Waals surface area contributed by atoms with Crippen LogP contribution in [0.3, 0.4) is 0 Å². The third-order valence-electron chi connectivity index (χ3n) is 4.07. The van der Waals surface area contributed by atoms with Gasteiger partial charge in [-0.2, -0.15) is 0 Å². The Labute approximate surface area is 153 Å². The summed E-state index contributed by atoms with van der Waals surface area (Å²) in [5.74, 6) is 0.330. The summed E-state index contributed by atoms with van der Waals surface area (Å²) in [7, 11) is 0. The molecule has 6 nitrogen and oxygen atoms in total. The number of hydrogen-bond acceptors (Lipinski definition) is 5. The molecule has 1 saturated heterocycles. The first-order valence-corrected chi connectivity index (χ1v) is 8.51. The molecule has 27 heavy (non-hydrogen) atoms. The quantitative estimate of drug-likeness (QED) is 0.795. The van der Waals surface area contributed by atoms with Crippen molar-refractivity contribution in [2.24, 2.45) is 5.92 Å². The van der Waals surface area contributed by atoms with Gasteiger partial charge < -0.3 is 19.3 Å². The number of nitrogens with one attached hydrogen (secondary N) is 1. The number of rotatable bonds is 7. The number of aromatic nitrogens is 1. The van der Waals surface area contributed by atoms with Gasteiger partial charge in [-0.05, 0) is 24.1 Å². The lowest BCUT2D eigenvalue weighted by Crippen LogP contribution is -2.30. The van der Waals surface area contributed by atoms with Gasteiger partial charge in [0.05, 0.1) is 18.7 Å². The Kier molecular flexibility index (Phi) is 6.00. The van der Waals surface area contributed by atoms with Gasteiger partial charge >= 0.3 is 6.36 Å². The molecule has 1 fully saturated rings. The van der Waals surface area contributed by atoms with Gasteiger partial charge in [0.2, 0.25) is 5.91 Å². The number of hydrogen-bond donors (Lipinski definition) is 1. The highest BCUT2D eigenvalue weighted by Crippen LogP contribution is 2.24. The van der Waals surface area contributed by atoms with Gasteiger partial charge in [-0.3, -0.25) is 4.79 Å². The summed E-state index contributed by atoms with van der Waals surface area (Å²) in [6, 6.07) is 7.25. The molecule has 0 aliphatic carbocycles. The van der Waals surface area contributed by atoms with Crippen molar-refractivity contribution in [2.45, 2.75) is 25.6 Å². The highest BCUT2D eigenvalue weighted by Gasteiger charge is 2.31. The summed E-state index contributed by atoms with van der Waals surface area (Å²) < 4.78 is 51.2. The lowest BCUT2D eigenvalue weighted by molar-refractivity contribution is -0.274. The monoisotopic (exact) mass is 384 g/mol. The normalized spacial score (nSPS) is 17.1. The third kappa shape index (κ3) is 6.28. The maximum Gasteiger partial charge on any atom is 0.573 e. The second kappa shape index (κ2) is 8.43. The van der Waals surface area contributed by atoms with E-state index >= 15 is 0 Å². The van der Waals surface area contributed by atoms with E-state index in [1.807, 2.05) is 0 Å². The van der Waals surface area contributed by atoms with Crippen molar-refractivity contribution in [3.8, 4) is 5.75 Å². The van der Waals surface area contributed by atoms with Crippen LogP contribution in [0.1, 0.15) is 23.4 Å². The van der Waals surface area contributed by atoms with Gasteiger partial charge in [0, 0.05) is 31.6 Å². The summed E-state index contributed by atoms with van der Waals surface area (Å²) in [5.41, 5.74) is 1.04. The molecule has 0 spiro atoms. The van der Waals surface area contributed by atoms with Crippen molar-refractivity contribution >= 4 is 5.91 Å². The van der Waals surface area contributed by atoms with E-state index in [1.54, 1.807) is 12.1 Å². The van der Waals surface area contributed by atoms with Crippen LogP contribution in [0.25, 0.3) is 0 Å². The predicted octanol–water partition coefficient (Wildman–Crippen LogP) is 2.86. The molecule has 0 saturated carbocycles. The fourth-order valence-corrected chi connectivity index (χ4v) is 2.81. The maximum atomic E-state index is 12.3. The van der Waals surface area contributed by atoms with Crippen molar-refractivity contribution in [3.63, 3.8) is 0 Å². The van der Waals surface area contributed by atoms with Crippen molar-refractivity contribution in [2.75, 3.05) is 19.8 Å². The average molecular weight is 384 g/mol. The van der Waals surface area contributed by atoms with Crippen molar-refractivity contribution in [3.05, 3.63) is 47.3 Å². The van der Waals surface area contributed by atoms with Crippen LogP contribution in [-0.2, 0) is 22.4 Å². The lowest BCUT2D eigenvalue weighted by atomic mass is 10.1. The topological polar surface area (TPSA) is 73.6 Å². The summed E-state index contributed by atoms with van der Waals surface area (Å²) >= 11 is 0. The lowest BCUT2D eigenvalue weighted by Gasteiger charge is -2.09. The zero-order chi connectivity index (χ0) is 19.3. The van der Waals surface area contributed by atoms with E-state index in [1.165, 1.54) is 18.2 Å². The Hall–Kier alpha value is -2.55. The minimum absolute atomic E-state index is 0.0777. The van der Waals surface area contributed by atoms with Gasteiger partial charge in [0.15, 0.2) is 0 Å². The van der Waals surface area contributed by atoms with E-state index in [4.69, 9.17) is 9.26 Å². The Morgan fingerprint density at radius 3 is 2.93 bits per heavy atom. The van der Waals surface area contributed by atoms with E-state index in [-0.39, 0.29) is 24.5 Å². The van der Waals surface area contributed by atoms with E-state index in [0.717, 1.165) is 13.0 Å². The molecule has 1 aromatic carbocycles. The molecule has 1 aromatic heterocycles. The molecule has 1 aliphatic heterocycles. The minimum atomic E-state index is -4.74. The van der Waals surface area contributed by atoms with Crippen LogP contribution in [0.2, 0.25) is 0 Å². The molecule has 1 atom stereocenters. The second-order valence-electron chi connectivity index (χ2n) is 6.37. The molecular weight excluding hydrogens is 365 g/mol. The molecule has 146 valence electrons. The standard InChI is InChI=1S/C18H19F3N2O4/c19-18(20,21)26-15-3-1-2-12(6-15)7-16-8-14(23-27-16)9-17(24)22-10-13-4-5-25-11-13/h1-3,6,8,13H,4-5,7,9-11H2,(H,22,24). The van der Waals surface area contributed by atoms with Crippen LogP contribution in [-0.4, -0.2) is 37.2 Å². The van der Waals surface area contributed by atoms with Crippen LogP contribution < -0.4 is 10.1 Å². The largest absolute Gasteiger partial charge is 0.573 e. The van der Waals surface area contributed by atoms with Crippen LogP contribution in [0.4, 0.5) is 13.2 Å². The number of nitrogens with zero attached hydrogens (tertiary/aromatic N) is 1. The van der Waals surface area contributed by atoms with Crippen LogP contribution >= 0.6 is 0 Å². The SMILES string of the molecule is O=C(Cc1cc(Cc2cccc(OC(F)(F)F)c2)on1)NCC1CCOC1. The number of carbonyl (C=O) groups excluding carboxylic acids is 1. The Morgan fingerprint density at radius 2 is 2.19 bits per heavy atom. The smallest absolute Gasteiger partial charge is 0.406 e. The van der Waals surface area contributed by atoms with E-state index in [9.17, 15) is 18.0 Å². The molecule has 9 heteroatoms. The summed E-state index contributed by atoms with van der Waals surface area (Å²) in [4.78, 5) is 12.0. The predicted molar refractivity (Wildman–Crippen MR) is 88.1 cm³/mol. The molecular formula is C18H19F3N2O4. The molecule has 1 unspecified atom stereocenters. The molecule has 2 heterocycles. The fraction of sp³-hybridized carbons (Fsp3) is 0.444. The van der Waals surface area contributed by atoms with Crippen LogP contribution in [0, 0.1) is 5.92 Å². The first-order chi connectivity index (χ1) is 12.9. The number of amides is 1. The molecule has 1 N–H and O–H groups in total. The number of benzene rings is 1. The Balaban J connectivity index is 1.51. The fourth-order valence-electron chi connectivity index (χ4n) is 2.81. The number of ether oxygens (including phenoxy) is 2. The highest BCUT2D eigenvalue weighted by atomic mass is 19.4. The average Bonchev–Trinajstić information content (AvgIpc) is 3.24. The van der Waals surface area contributed by atoms with E-state index in [2.05, 4.69) is 15.2 Å². The highest BCUT2D eigenvalue weighted by molar-refractivity contribution is 5.78. The zero-order valence-corrected chi connectivity index (χ0v) is 14.4. The number of halogens is 3. The molecule has 3 rings (SSSR count). The second-order valence-corrected chi connectivity index (χ2v) is 6.37. The van der Waals surface area contributed by atoms with Gasteiger partial charge in [-0.1, -0.05) is 17.3 Å². The Bertz CT molecular complexity index is 770. The van der Waals surface area contributed by atoms with Gasteiger partial charge in [-0.15, -0.1) is 13.2 Å². The van der Waals surface area contributed by atoms with Crippen LogP contribution in [0.15, 0.2) is 34.9 Å². The van der Waals surface area contributed by atoms with Crippen molar-refractivity contribution < 1.29 is 32.0 Å². The van der Waals surface area contributed by atoms with Crippen LogP contribution in [0.5, 0.6) is 5.75 Å². The van der Waals surface area contributed by atoms with E-state index < -0.39 is 6.36 Å². The summed E-state index contributed by atoms with van der Waals surface area (Å²) in [5, 5.41) is 6.68. The van der Waals surface area contributed by atoms with Gasteiger partial charge in [-0.25, -0.2) is 0 Å². The van der Waals surface area contributed by atoms with Gasteiger partial charge in [0.25, 0.3) is 0 Å². The third-order valence-corrected chi connectivity index (χ3v) is 4.07. The van der Waals surface area contributed by atoms with Crippen molar-refractivity contribution in [1.82, 2.24) is 10.5 Å². The molecule has 0 radical (unpaired) electrons. The zero-order valence-electron chi connectivity index (χ0n) is 14.4. The summed E-state index contributed by atoms with van der Waals surface area (Å²) in [6.45, 7) is 1.95. The van der Waals surface area contributed by atoms with Crippen molar-refractivity contribution in [1.29, 1.82) is 0 Å². The number of alkyl halides is 3. The minimum Gasteiger partial charge on any atom is -0.406 e. The molecule has 0 bridgehead atoms. The number of carbonyl (C=O) groups is 1. The van der Waals surface area contributed by atoms with E-state index in [0.29, 0.717) is 36.1 Å². The molecule has 1 amide bonds. The Morgan fingerprint density at radius 1 is 1.33 bits per heavy atom. The maximum absolute atomic E-state index is 12.3. The first-order valence-electron chi connectivity index (χ1n) is 8.51. The summed E-state index contributed by atoms with van der Waals surface area (Å²) in [6.07, 6.45) is -3.49. The molecule has 1 aliphatic rings. The first kappa shape index (κ1) is 19.2. The molecule has 2 aromatic rings.